The molecule has 4 heterocycles. The summed E-state index contributed by atoms with van der Waals surface area (Å²) >= 11 is 0. The van der Waals surface area contributed by atoms with E-state index in [0.717, 1.165) is 0 Å². The van der Waals surface area contributed by atoms with Crippen molar-refractivity contribution in [1.82, 2.24) is 0 Å². The quantitative estimate of drug-likeness (QED) is 0.0160. The maximum Gasteiger partial charge on any atom is 0.483 e. The number of rotatable bonds is 35. The fourth-order valence-electron chi connectivity index (χ4n) is 9.36. The summed E-state index contributed by atoms with van der Waals surface area (Å²) in [5, 5.41) is 0. The molecule has 0 aromatic rings. The molecule has 0 aromatic heterocycles. The molecule has 4 fully saturated rings. The lowest BCUT2D eigenvalue weighted by Gasteiger charge is -2.58. The molecule has 87 heavy (non-hydrogen) atoms. The van der Waals surface area contributed by atoms with Crippen molar-refractivity contribution in [2.75, 3.05) is 33.0 Å². The lowest BCUT2D eigenvalue weighted by Crippen LogP contribution is -2.83. The van der Waals surface area contributed by atoms with Crippen molar-refractivity contribution in [2.45, 2.75) is 194 Å². The van der Waals surface area contributed by atoms with Crippen molar-refractivity contribution >= 4 is 118 Å². The van der Waals surface area contributed by atoms with E-state index in [9.17, 15) is 43.2 Å². The first-order chi connectivity index (χ1) is 40.6. The average molecular weight is 1410 g/mol. The normalized spacial score (nSPS) is 32.3. The Morgan fingerprint density at radius 1 is 0.276 bits per heavy atom. The molecule has 27 nitrogen and oxygen atoms in total. The summed E-state index contributed by atoms with van der Waals surface area (Å²) in [6, 6.07) is -2.37. The topological polar surface area (TPSA) is 332 Å². The van der Waals surface area contributed by atoms with Crippen molar-refractivity contribution in [3.8, 4) is 0 Å². The van der Waals surface area contributed by atoms with E-state index in [4.69, 9.17) is 77.2 Å². The predicted molar refractivity (Wildman–Crippen MR) is 332 cm³/mol. The zero-order valence-corrected chi connectivity index (χ0v) is 62.4. The van der Waals surface area contributed by atoms with Gasteiger partial charge in [0, 0.05) is 88.3 Å². The van der Waals surface area contributed by atoms with Crippen LogP contribution in [-0.2, 0) is 101 Å². The summed E-state index contributed by atoms with van der Waals surface area (Å²) < 4.78 is 122. The van der Waals surface area contributed by atoms with E-state index in [1.807, 2.05) is 0 Å². The van der Waals surface area contributed by atoms with Gasteiger partial charge in [-0.1, -0.05) is 99.6 Å². The minimum absolute atomic E-state index is 0.0609. The minimum Gasteiger partial charge on any atom is -0.462 e. The molecule has 8 unspecified atom stereocenters. The van der Waals surface area contributed by atoms with E-state index in [-0.39, 0.29) is 186 Å². The number of ether oxygens (including phenoxy) is 5. The van der Waals surface area contributed by atoms with Gasteiger partial charge in [-0.25, -0.2) is 24.0 Å². The molecule has 37 heteroatoms. The van der Waals surface area contributed by atoms with E-state index in [2.05, 4.69) is 32.9 Å². The van der Waals surface area contributed by atoms with Crippen LogP contribution in [0.4, 0.5) is 0 Å². The molecule has 0 aromatic carbocycles. The van der Waals surface area contributed by atoms with Gasteiger partial charge in [0.2, 0.25) is 0 Å². The van der Waals surface area contributed by atoms with Gasteiger partial charge < -0.3 is 96.4 Å². The highest BCUT2D eigenvalue weighted by Crippen LogP contribution is 2.50. The standard InChI is InChI=1S/C50H94O27Si10/c1-16-31-78(56)65-80(58,36-21-26-60-46(51)41(6)7)69-82(33-18-3)71-85(67-78,38-23-28-62-48(53)43(10)11)75-84(35-20-5)76-86(39-24-29-63-49(54)44(12)13)68-79(57,32-17-2)66-81(59,37-22-27-61-47(52)42(8)9)70-83(72-86,34-19-4)74-87(73-82,77-84)40-25-30-64-50(55)45(14)15/h56-59H,6,8,10,12,14,16-40H2,1-5,7,9,11,13,15H3. The Hall–Kier alpha value is -2.46. The van der Waals surface area contributed by atoms with Crippen molar-refractivity contribution in [3.05, 3.63) is 60.8 Å². The molecule has 0 spiro atoms. The summed E-state index contributed by atoms with van der Waals surface area (Å²) in [7, 11) is -49.5. The summed E-state index contributed by atoms with van der Waals surface area (Å²) in [6.07, 6.45) is 0.754. The number of esters is 5. The van der Waals surface area contributed by atoms with Gasteiger partial charge in [-0.2, -0.15) is 0 Å². The Kier molecular flexibility index (Phi) is 29.6. The van der Waals surface area contributed by atoms with E-state index < -0.39 is 118 Å². The van der Waals surface area contributed by atoms with Crippen LogP contribution in [0.1, 0.15) is 133 Å². The van der Waals surface area contributed by atoms with Gasteiger partial charge in [-0.3, -0.25) is 0 Å². The fraction of sp³-hybridized carbons (Fsp3) is 0.700. The average Bonchev–Trinajstić information content (AvgIpc) is 0.723. The Balaban J connectivity index is 2.22. The molecular weight excluding hydrogens is 1310 g/mol. The maximum atomic E-state index is 13.1. The van der Waals surface area contributed by atoms with E-state index >= 15 is 0 Å². The maximum absolute atomic E-state index is 13.1. The number of fused-ring (bicyclic) bond motifs is 6. The van der Waals surface area contributed by atoms with Crippen molar-refractivity contribution in [1.29, 1.82) is 0 Å². The van der Waals surface area contributed by atoms with Crippen LogP contribution in [0.3, 0.4) is 0 Å². The Bertz CT molecular complexity index is 2330. The van der Waals surface area contributed by atoms with Crippen LogP contribution in [0.15, 0.2) is 60.8 Å². The summed E-state index contributed by atoms with van der Waals surface area (Å²) in [5.41, 5.74) is 0.618. The number of hydrogen-bond acceptors (Lipinski definition) is 27. The van der Waals surface area contributed by atoms with Crippen LogP contribution in [0.25, 0.3) is 0 Å². The first-order valence-electron chi connectivity index (χ1n) is 29.8. The zero-order chi connectivity index (χ0) is 65.2. The Labute approximate surface area is 523 Å². The first-order valence-corrected chi connectivity index (χ1v) is 49.2. The highest BCUT2D eigenvalue weighted by molar-refractivity contribution is 7.00. The van der Waals surface area contributed by atoms with Crippen LogP contribution in [0, 0.1) is 0 Å². The molecule has 4 N–H and O–H groups in total. The number of carbonyl (C=O) groups excluding carboxylic acids is 5. The Morgan fingerprint density at radius 2 is 0.448 bits per heavy atom. The summed E-state index contributed by atoms with van der Waals surface area (Å²) in [4.78, 5) is 116. The van der Waals surface area contributed by atoms with Gasteiger partial charge in [0.15, 0.2) is 0 Å². The summed E-state index contributed by atoms with van der Waals surface area (Å²) in [5.74, 6) is -3.47. The molecule has 4 rings (SSSR count). The molecule has 0 radical (unpaired) electrons. The summed E-state index contributed by atoms with van der Waals surface area (Å²) in [6.45, 7) is 33.5. The van der Waals surface area contributed by atoms with Gasteiger partial charge in [0.1, 0.15) is 0 Å². The minimum atomic E-state index is -5.07. The zero-order valence-electron chi connectivity index (χ0n) is 52.4. The van der Waals surface area contributed by atoms with Gasteiger partial charge in [-0.15, -0.1) is 0 Å². The SMILES string of the molecule is C=C(C)C(=O)OCCC[Si]1(O)O[Si](O)(CCC)O[Si]2(CCCOC(=O)C(=C)C)O[Si](CCC)(O1)O[Si]1(CCCOC(=O)C(=C)C)O[Si]3(CCC)O[Si](O)(CCCOC(=O)C(=C)C)O[Si](O)(CCC)O[Si](CCCOC(=O)C(=C)C)(O3)O[Si](CCC)(O2)O1. The molecular formula is C50H94O27Si10. The van der Waals surface area contributed by atoms with Crippen molar-refractivity contribution < 1.29 is 120 Å². The lowest BCUT2D eigenvalue weighted by atomic mass is 10.4. The van der Waals surface area contributed by atoms with Gasteiger partial charge >= 0.3 is 118 Å². The molecule has 496 valence electrons. The van der Waals surface area contributed by atoms with Crippen molar-refractivity contribution in [3.63, 3.8) is 0 Å². The molecule has 0 aliphatic carbocycles. The smallest absolute Gasteiger partial charge is 0.462 e. The van der Waals surface area contributed by atoms with Gasteiger partial charge in [0.05, 0.1) is 33.0 Å². The third kappa shape index (κ3) is 23.0. The molecule has 4 aliphatic heterocycles. The van der Waals surface area contributed by atoms with Gasteiger partial charge in [-0.05, 0) is 66.7 Å². The van der Waals surface area contributed by atoms with Crippen LogP contribution in [0.2, 0.25) is 60.4 Å². The predicted octanol–water partition coefficient (Wildman–Crippen LogP) is 7.21. The van der Waals surface area contributed by atoms with Crippen LogP contribution >= 0.6 is 0 Å². The molecule has 0 saturated carbocycles. The molecule has 6 bridgehead atoms. The molecule has 0 amide bonds. The molecule has 8 atom stereocenters. The second kappa shape index (κ2) is 33.4. The van der Waals surface area contributed by atoms with E-state index in [1.165, 1.54) is 34.6 Å². The largest absolute Gasteiger partial charge is 0.483 e. The van der Waals surface area contributed by atoms with E-state index in [0.29, 0.717) is 0 Å². The Morgan fingerprint density at radius 3 is 0.655 bits per heavy atom. The molecule has 4 aliphatic rings. The highest BCUT2D eigenvalue weighted by Gasteiger charge is 2.78. The molecule has 4 saturated heterocycles. The number of hydrogen-bond donors (Lipinski definition) is 4. The highest BCUT2D eigenvalue weighted by atomic mass is 28.6. The van der Waals surface area contributed by atoms with Crippen LogP contribution in [0.5, 0.6) is 0 Å². The second-order valence-electron chi connectivity index (χ2n) is 22.1. The van der Waals surface area contributed by atoms with Crippen LogP contribution in [-0.4, -0.2) is 170 Å². The lowest BCUT2D eigenvalue weighted by molar-refractivity contribution is -0.139. The third-order valence-electron chi connectivity index (χ3n) is 12.9. The fourth-order valence-corrected chi connectivity index (χ4v) is 62.9. The third-order valence-corrected chi connectivity index (χ3v) is 56.0. The van der Waals surface area contributed by atoms with E-state index in [1.54, 1.807) is 34.6 Å². The van der Waals surface area contributed by atoms with Crippen molar-refractivity contribution in [2.24, 2.45) is 0 Å². The van der Waals surface area contributed by atoms with Gasteiger partial charge in [0.25, 0.3) is 0 Å². The second-order valence-corrected chi connectivity index (χ2v) is 51.6. The monoisotopic (exact) mass is 1410 g/mol. The van der Waals surface area contributed by atoms with Crippen LogP contribution < -0.4 is 0 Å². The number of carbonyl (C=O) groups is 5. The first kappa shape index (κ1) is 77.0.